The van der Waals surface area contributed by atoms with Crippen LogP contribution in [-0.2, 0) is 4.79 Å². The molecule has 0 bridgehead atoms. The van der Waals surface area contributed by atoms with Gasteiger partial charge < -0.3 is 10.1 Å². The summed E-state index contributed by atoms with van der Waals surface area (Å²) in [5.41, 5.74) is 2.33. The summed E-state index contributed by atoms with van der Waals surface area (Å²) in [6.07, 6.45) is 0.697. The molecule has 1 amide bonds. The topological polar surface area (TPSA) is 55.4 Å². The second-order valence-electron chi connectivity index (χ2n) is 5.41. The molecule has 0 aliphatic rings. The highest BCUT2D eigenvalue weighted by molar-refractivity contribution is 9.10. The van der Waals surface area contributed by atoms with Gasteiger partial charge in [0.15, 0.2) is 12.9 Å². The fraction of sp³-hybridized carbons (Fsp3) is 0.222. The maximum Gasteiger partial charge on any atom is 0.262 e. The molecule has 1 N–H and O–H groups in total. The van der Waals surface area contributed by atoms with Crippen molar-refractivity contribution in [2.45, 2.75) is 19.8 Å². The first-order chi connectivity index (χ1) is 11.0. The van der Waals surface area contributed by atoms with E-state index in [1.165, 1.54) is 5.56 Å². The summed E-state index contributed by atoms with van der Waals surface area (Å²) < 4.78 is 6.19. The number of benzene rings is 2. The summed E-state index contributed by atoms with van der Waals surface area (Å²) in [7, 11) is 0. The van der Waals surface area contributed by atoms with Gasteiger partial charge in [-0.15, -0.1) is 0 Å². The zero-order valence-corrected chi connectivity index (χ0v) is 14.6. The first-order valence-corrected chi connectivity index (χ1v) is 8.06. The molecule has 2 rings (SSSR count). The van der Waals surface area contributed by atoms with E-state index >= 15 is 0 Å². The number of amides is 1. The first-order valence-electron chi connectivity index (χ1n) is 7.27. The van der Waals surface area contributed by atoms with Gasteiger partial charge in [0.25, 0.3) is 5.91 Å². The van der Waals surface area contributed by atoms with Gasteiger partial charge in [-0.25, -0.2) is 0 Å². The summed E-state index contributed by atoms with van der Waals surface area (Å²) in [5.74, 6) is 0.554. The number of carbonyl (C=O) groups excluding carboxylic acids is 2. The van der Waals surface area contributed by atoms with Crippen LogP contribution in [0.1, 0.15) is 35.7 Å². The molecule has 0 fully saturated rings. The molecule has 2 aromatic carbocycles. The molecule has 0 unspecified atom stereocenters. The molecule has 0 saturated carbocycles. The summed E-state index contributed by atoms with van der Waals surface area (Å²) in [6, 6.07) is 12.8. The molecule has 0 atom stereocenters. The lowest BCUT2D eigenvalue weighted by molar-refractivity contribution is -0.118. The third-order valence-electron chi connectivity index (χ3n) is 3.32. The van der Waals surface area contributed by atoms with Crippen LogP contribution in [0.25, 0.3) is 0 Å². The molecule has 5 heteroatoms. The van der Waals surface area contributed by atoms with Gasteiger partial charge in [-0.3, -0.25) is 9.59 Å². The number of aldehydes is 1. The number of carbonyl (C=O) groups is 2. The van der Waals surface area contributed by atoms with Crippen molar-refractivity contribution in [3.05, 3.63) is 58.1 Å². The van der Waals surface area contributed by atoms with Gasteiger partial charge in [-0.1, -0.05) is 41.9 Å². The molecule has 0 aliphatic carbocycles. The molecule has 0 aromatic heterocycles. The third kappa shape index (κ3) is 4.93. The van der Waals surface area contributed by atoms with Gasteiger partial charge in [-0.05, 0) is 41.8 Å². The van der Waals surface area contributed by atoms with Gasteiger partial charge in [-0.2, -0.15) is 0 Å². The third-order valence-corrected chi connectivity index (χ3v) is 3.81. The molecule has 120 valence electrons. The molecule has 0 radical (unpaired) electrons. The van der Waals surface area contributed by atoms with Crippen molar-refractivity contribution in [2.24, 2.45) is 0 Å². The van der Waals surface area contributed by atoms with E-state index < -0.39 is 0 Å². The van der Waals surface area contributed by atoms with Crippen molar-refractivity contribution < 1.29 is 14.3 Å². The largest absolute Gasteiger partial charge is 0.483 e. The number of rotatable bonds is 6. The molecular weight excluding hydrogens is 358 g/mol. The van der Waals surface area contributed by atoms with Crippen LogP contribution in [0.5, 0.6) is 5.75 Å². The minimum Gasteiger partial charge on any atom is -0.483 e. The molecule has 2 aromatic rings. The maximum absolute atomic E-state index is 11.9. The van der Waals surface area contributed by atoms with Crippen LogP contribution in [0.3, 0.4) is 0 Å². The Kier molecular flexibility index (Phi) is 5.93. The first kappa shape index (κ1) is 17.2. The predicted molar refractivity (Wildman–Crippen MR) is 94.2 cm³/mol. The van der Waals surface area contributed by atoms with Crippen LogP contribution < -0.4 is 10.1 Å². The Morgan fingerprint density at radius 2 is 1.91 bits per heavy atom. The van der Waals surface area contributed by atoms with Crippen molar-refractivity contribution >= 4 is 33.8 Å². The van der Waals surface area contributed by atoms with Crippen LogP contribution in [0.2, 0.25) is 0 Å². The van der Waals surface area contributed by atoms with Gasteiger partial charge in [0.1, 0.15) is 5.75 Å². The van der Waals surface area contributed by atoms with E-state index in [-0.39, 0.29) is 12.5 Å². The van der Waals surface area contributed by atoms with E-state index in [0.717, 1.165) is 10.2 Å². The van der Waals surface area contributed by atoms with Crippen molar-refractivity contribution in [1.82, 2.24) is 0 Å². The van der Waals surface area contributed by atoms with Gasteiger partial charge >= 0.3 is 0 Å². The zero-order valence-electron chi connectivity index (χ0n) is 13.0. The smallest absolute Gasteiger partial charge is 0.262 e. The Hall–Kier alpha value is -2.14. The van der Waals surface area contributed by atoms with E-state index in [1.807, 2.05) is 24.3 Å². The number of ether oxygens (including phenoxy) is 1. The summed E-state index contributed by atoms with van der Waals surface area (Å²) in [5, 5.41) is 2.77. The minimum atomic E-state index is -0.276. The predicted octanol–water partition coefficient (Wildman–Crippen LogP) is 4.40. The lowest BCUT2D eigenvalue weighted by atomic mass is 10.0. The number of halogens is 1. The Bertz CT molecular complexity index is 696. The van der Waals surface area contributed by atoms with Crippen molar-refractivity contribution in [3.8, 4) is 5.75 Å². The second kappa shape index (κ2) is 7.92. The highest BCUT2D eigenvalue weighted by Crippen LogP contribution is 2.22. The van der Waals surface area contributed by atoms with E-state index in [4.69, 9.17) is 4.74 Å². The van der Waals surface area contributed by atoms with Gasteiger partial charge in [0.05, 0.1) is 5.56 Å². The molecule has 23 heavy (non-hydrogen) atoms. The number of anilines is 1. The van der Waals surface area contributed by atoms with E-state index in [0.29, 0.717) is 23.5 Å². The SMILES string of the molecule is CC(C)c1ccc(NC(=O)COc2ccc(Br)cc2C=O)cc1. The highest BCUT2D eigenvalue weighted by Gasteiger charge is 2.08. The van der Waals surface area contributed by atoms with Crippen molar-refractivity contribution in [2.75, 3.05) is 11.9 Å². The Balaban J connectivity index is 1.94. The highest BCUT2D eigenvalue weighted by atomic mass is 79.9. The zero-order chi connectivity index (χ0) is 16.8. The molecule has 0 heterocycles. The Morgan fingerprint density at radius 3 is 2.52 bits per heavy atom. The van der Waals surface area contributed by atoms with E-state index in [2.05, 4.69) is 35.1 Å². The van der Waals surface area contributed by atoms with Crippen LogP contribution in [0.4, 0.5) is 5.69 Å². The standard InChI is InChI=1S/C18H18BrNO3/c1-12(2)13-3-6-16(7-4-13)20-18(22)11-23-17-8-5-15(19)9-14(17)10-21/h3-10,12H,11H2,1-2H3,(H,20,22). The number of hydrogen-bond donors (Lipinski definition) is 1. The Morgan fingerprint density at radius 1 is 1.22 bits per heavy atom. The van der Waals surface area contributed by atoms with Crippen LogP contribution >= 0.6 is 15.9 Å². The Labute approximate surface area is 144 Å². The fourth-order valence-electron chi connectivity index (χ4n) is 2.03. The summed E-state index contributed by atoms with van der Waals surface area (Å²) in [6.45, 7) is 4.07. The van der Waals surface area contributed by atoms with Gasteiger partial charge in [0.2, 0.25) is 0 Å². The molecule has 0 saturated heterocycles. The van der Waals surface area contributed by atoms with E-state index in [1.54, 1.807) is 18.2 Å². The molecule has 0 aliphatic heterocycles. The number of hydrogen-bond acceptors (Lipinski definition) is 3. The van der Waals surface area contributed by atoms with Crippen LogP contribution in [-0.4, -0.2) is 18.8 Å². The lowest BCUT2D eigenvalue weighted by Gasteiger charge is -2.10. The van der Waals surface area contributed by atoms with Crippen molar-refractivity contribution in [3.63, 3.8) is 0 Å². The molecular formula is C18H18BrNO3. The quantitative estimate of drug-likeness (QED) is 0.761. The second-order valence-corrected chi connectivity index (χ2v) is 6.33. The molecule has 0 spiro atoms. The van der Waals surface area contributed by atoms with Crippen molar-refractivity contribution in [1.29, 1.82) is 0 Å². The van der Waals surface area contributed by atoms with Gasteiger partial charge in [0, 0.05) is 10.2 Å². The normalized spacial score (nSPS) is 10.4. The maximum atomic E-state index is 11.9. The van der Waals surface area contributed by atoms with Crippen LogP contribution in [0.15, 0.2) is 46.9 Å². The average molecular weight is 376 g/mol. The fourth-order valence-corrected chi connectivity index (χ4v) is 2.41. The summed E-state index contributed by atoms with van der Waals surface area (Å²) in [4.78, 5) is 22.9. The monoisotopic (exact) mass is 375 g/mol. The average Bonchev–Trinajstić information content (AvgIpc) is 2.54. The lowest BCUT2D eigenvalue weighted by Crippen LogP contribution is -2.20. The number of nitrogens with one attached hydrogen (secondary N) is 1. The van der Waals surface area contributed by atoms with E-state index in [9.17, 15) is 9.59 Å². The summed E-state index contributed by atoms with van der Waals surface area (Å²) >= 11 is 3.28. The molecule has 4 nitrogen and oxygen atoms in total. The van der Waals surface area contributed by atoms with Crippen LogP contribution in [0, 0.1) is 0 Å². The minimum absolute atomic E-state index is 0.158.